The summed E-state index contributed by atoms with van der Waals surface area (Å²) >= 11 is 6.41. The van der Waals surface area contributed by atoms with Crippen LogP contribution < -0.4 is 9.80 Å². The number of pyridine rings is 1. The number of benzene rings is 2. The molecular formula is C21H18ClN5. The fourth-order valence-corrected chi connectivity index (χ4v) is 3.80. The molecule has 5 nitrogen and oxygen atoms in total. The lowest BCUT2D eigenvalue weighted by atomic mass is 10.2. The van der Waals surface area contributed by atoms with Crippen LogP contribution in [0.3, 0.4) is 0 Å². The second kappa shape index (κ2) is 6.67. The van der Waals surface area contributed by atoms with Gasteiger partial charge in [0.15, 0.2) is 11.0 Å². The smallest absolute Gasteiger partial charge is 0.172 e. The molecule has 27 heavy (non-hydrogen) atoms. The predicted octanol–water partition coefficient (Wildman–Crippen LogP) is 4.16. The summed E-state index contributed by atoms with van der Waals surface area (Å²) in [6.45, 7) is 3.41. The third-order valence-electron chi connectivity index (χ3n) is 5.00. The molecule has 0 N–H and O–H groups in total. The van der Waals surface area contributed by atoms with Gasteiger partial charge in [0, 0.05) is 31.6 Å². The molecule has 1 aliphatic heterocycles. The van der Waals surface area contributed by atoms with Crippen LogP contribution in [0.15, 0.2) is 60.7 Å². The van der Waals surface area contributed by atoms with Crippen LogP contribution in [0.4, 0.5) is 11.6 Å². The minimum atomic E-state index is 0.464. The number of hydrogen-bond donors (Lipinski definition) is 0. The van der Waals surface area contributed by atoms with Crippen molar-refractivity contribution in [2.24, 2.45) is 0 Å². The van der Waals surface area contributed by atoms with Crippen molar-refractivity contribution in [1.82, 2.24) is 15.0 Å². The van der Waals surface area contributed by atoms with Gasteiger partial charge in [-0.05, 0) is 30.3 Å². The average Bonchev–Trinajstić information content (AvgIpc) is 2.73. The topological polar surface area (TPSA) is 45.2 Å². The van der Waals surface area contributed by atoms with Gasteiger partial charge in [0.05, 0.1) is 16.6 Å². The van der Waals surface area contributed by atoms with Crippen LogP contribution in [-0.4, -0.2) is 41.1 Å². The summed E-state index contributed by atoms with van der Waals surface area (Å²) in [6.07, 6.45) is 0. The summed E-state index contributed by atoms with van der Waals surface area (Å²) < 4.78 is 0. The Balaban J connectivity index is 1.37. The zero-order valence-electron chi connectivity index (χ0n) is 14.7. The second-order valence-electron chi connectivity index (χ2n) is 6.66. The summed E-state index contributed by atoms with van der Waals surface area (Å²) in [5.41, 5.74) is 2.72. The maximum absolute atomic E-state index is 6.41. The Morgan fingerprint density at radius 1 is 0.630 bits per heavy atom. The zero-order chi connectivity index (χ0) is 18.2. The SMILES string of the molecule is Clc1nc2ccccc2nc1N1CCN(c2ccc3ccccc3n2)CC1. The van der Waals surface area contributed by atoms with Crippen molar-refractivity contribution in [3.05, 3.63) is 65.8 Å². The van der Waals surface area contributed by atoms with Gasteiger partial charge >= 0.3 is 0 Å². The van der Waals surface area contributed by atoms with E-state index in [1.807, 2.05) is 36.4 Å². The largest absolute Gasteiger partial charge is 0.353 e. The summed E-state index contributed by atoms with van der Waals surface area (Å²) in [4.78, 5) is 18.6. The van der Waals surface area contributed by atoms with Crippen LogP contribution >= 0.6 is 11.6 Å². The van der Waals surface area contributed by atoms with Crippen LogP contribution in [0, 0.1) is 0 Å². The van der Waals surface area contributed by atoms with Crippen molar-refractivity contribution >= 4 is 45.2 Å². The number of piperazine rings is 1. The standard InChI is InChI=1S/C21H18ClN5/c22-20-21(25-18-8-4-3-7-17(18)24-20)27-13-11-26(12-14-27)19-10-9-15-5-1-2-6-16(15)23-19/h1-10H,11-14H2. The number of halogens is 1. The normalized spacial score (nSPS) is 14.9. The molecule has 1 aliphatic rings. The Hall–Kier alpha value is -2.92. The van der Waals surface area contributed by atoms with Crippen LogP contribution in [0.25, 0.3) is 21.9 Å². The first-order valence-corrected chi connectivity index (χ1v) is 9.44. The third-order valence-corrected chi connectivity index (χ3v) is 5.25. The average molecular weight is 376 g/mol. The van der Waals surface area contributed by atoms with Crippen molar-refractivity contribution in [1.29, 1.82) is 0 Å². The highest BCUT2D eigenvalue weighted by Crippen LogP contribution is 2.26. The first-order valence-electron chi connectivity index (χ1n) is 9.06. The second-order valence-corrected chi connectivity index (χ2v) is 7.02. The molecule has 0 aliphatic carbocycles. The number of aromatic nitrogens is 3. The molecule has 0 atom stereocenters. The van der Waals surface area contributed by atoms with E-state index < -0.39 is 0 Å². The molecule has 6 heteroatoms. The Morgan fingerprint density at radius 3 is 2.04 bits per heavy atom. The van der Waals surface area contributed by atoms with Gasteiger partial charge in [0.1, 0.15) is 5.82 Å². The molecule has 0 radical (unpaired) electrons. The van der Waals surface area contributed by atoms with Crippen LogP contribution in [-0.2, 0) is 0 Å². The summed E-state index contributed by atoms with van der Waals surface area (Å²) in [6, 6.07) is 20.3. The predicted molar refractivity (Wildman–Crippen MR) is 111 cm³/mol. The fraction of sp³-hybridized carbons (Fsp3) is 0.190. The van der Waals surface area contributed by atoms with Crippen molar-refractivity contribution in [2.75, 3.05) is 36.0 Å². The van der Waals surface area contributed by atoms with E-state index in [-0.39, 0.29) is 0 Å². The number of nitrogens with zero attached hydrogens (tertiary/aromatic N) is 5. The molecule has 134 valence electrons. The first-order chi connectivity index (χ1) is 13.3. The molecule has 1 saturated heterocycles. The van der Waals surface area contributed by atoms with Gasteiger partial charge in [0.25, 0.3) is 0 Å². The highest BCUT2D eigenvalue weighted by atomic mass is 35.5. The molecule has 4 aromatic rings. The van der Waals surface area contributed by atoms with Gasteiger partial charge in [-0.3, -0.25) is 0 Å². The molecule has 2 aromatic carbocycles. The van der Waals surface area contributed by atoms with Gasteiger partial charge < -0.3 is 9.80 Å². The van der Waals surface area contributed by atoms with Gasteiger partial charge in [-0.1, -0.05) is 41.9 Å². The minimum absolute atomic E-state index is 0.464. The Kier molecular flexibility index (Phi) is 4.02. The molecule has 3 heterocycles. The highest BCUT2D eigenvalue weighted by molar-refractivity contribution is 6.32. The maximum Gasteiger partial charge on any atom is 0.172 e. The molecular weight excluding hydrogens is 358 g/mol. The van der Waals surface area contributed by atoms with Crippen LogP contribution in [0.2, 0.25) is 5.15 Å². The van der Waals surface area contributed by atoms with Gasteiger partial charge in [0.2, 0.25) is 0 Å². The lowest BCUT2D eigenvalue weighted by Gasteiger charge is -2.36. The van der Waals surface area contributed by atoms with E-state index in [0.29, 0.717) is 5.15 Å². The number of anilines is 2. The maximum atomic E-state index is 6.41. The quantitative estimate of drug-likeness (QED) is 0.526. The van der Waals surface area contributed by atoms with Crippen molar-refractivity contribution in [3.63, 3.8) is 0 Å². The molecule has 0 spiro atoms. The van der Waals surface area contributed by atoms with Crippen LogP contribution in [0.1, 0.15) is 0 Å². The van der Waals surface area contributed by atoms with E-state index in [0.717, 1.165) is 59.8 Å². The Bertz CT molecular complexity index is 1120. The van der Waals surface area contributed by atoms with Gasteiger partial charge in [-0.2, -0.15) is 0 Å². The first kappa shape index (κ1) is 16.3. The lowest BCUT2D eigenvalue weighted by Crippen LogP contribution is -2.47. The summed E-state index contributed by atoms with van der Waals surface area (Å²) in [5, 5.41) is 1.63. The van der Waals surface area contributed by atoms with Gasteiger partial charge in [-0.15, -0.1) is 0 Å². The molecule has 0 saturated carbocycles. The minimum Gasteiger partial charge on any atom is -0.353 e. The zero-order valence-corrected chi connectivity index (χ0v) is 15.5. The molecule has 2 aromatic heterocycles. The Labute approximate surface area is 162 Å². The Morgan fingerprint density at radius 2 is 1.26 bits per heavy atom. The lowest BCUT2D eigenvalue weighted by molar-refractivity contribution is 0.642. The molecule has 5 rings (SSSR count). The number of hydrogen-bond acceptors (Lipinski definition) is 5. The molecule has 0 amide bonds. The molecule has 1 fully saturated rings. The number of rotatable bonds is 2. The van der Waals surface area contributed by atoms with E-state index in [9.17, 15) is 0 Å². The van der Waals surface area contributed by atoms with E-state index in [1.54, 1.807) is 0 Å². The van der Waals surface area contributed by atoms with Crippen molar-refractivity contribution < 1.29 is 0 Å². The highest BCUT2D eigenvalue weighted by Gasteiger charge is 2.22. The van der Waals surface area contributed by atoms with E-state index in [1.165, 1.54) is 0 Å². The number of para-hydroxylation sites is 3. The molecule has 0 unspecified atom stereocenters. The molecule has 0 bridgehead atoms. The monoisotopic (exact) mass is 375 g/mol. The van der Waals surface area contributed by atoms with E-state index in [2.05, 4.69) is 39.0 Å². The fourth-order valence-electron chi connectivity index (χ4n) is 3.55. The van der Waals surface area contributed by atoms with Crippen molar-refractivity contribution in [3.8, 4) is 0 Å². The summed E-state index contributed by atoms with van der Waals surface area (Å²) in [5.74, 6) is 1.78. The van der Waals surface area contributed by atoms with E-state index in [4.69, 9.17) is 21.6 Å². The summed E-state index contributed by atoms with van der Waals surface area (Å²) in [7, 11) is 0. The van der Waals surface area contributed by atoms with Crippen LogP contribution in [0.5, 0.6) is 0 Å². The van der Waals surface area contributed by atoms with Gasteiger partial charge in [-0.25, -0.2) is 15.0 Å². The third kappa shape index (κ3) is 3.04. The van der Waals surface area contributed by atoms with Crippen molar-refractivity contribution in [2.45, 2.75) is 0 Å². The number of fused-ring (bicyclic) bond motifs is 2. The van der Waals surface area contributed by atoms with E-state index >= 15 is 0 Å².